The average Bonchev–Trinajstić information content (AvgIpc) is 2.45. The third kappa shape index (κ3) is 6.42. The lowest BCUT2D eigenvalue weighted by molar-refractivity contribution is 0.170. The van der Waals surface area contributed by atoms with Crippen LogP contribution in [-0.4, -0.2) is 17.8 Å². The molecule has 2 heteroatoms. The lowest BCUT2D eigenvalue weighted by Crippen LogP contribution is -2.12. The molecule has 0 aromatic heterocycles. The summed E-state index contributed by atoms with van der Waals surface area (Å²) in [6, 6.07) is 8.15. The Kier molecular flexibility index (Phi) is 8.36. The molecule has 20 heavy (non-hydrogen) atoms. The van der Waals surface area contributed by atoms with Crippen molar-refractivity contribution in [2.75, 3.05) is 6.61 Å². The predicted octanol–water partition coefficient (Wildman–Crippen LogP) is 4.60. The molecule has 0 aliphatic rings. The molecule has 1 N–H and O–H groups in total. The van der Waals surface area contributed by atoms with Crippen molar-refractivity contribution in [2.45, 2.75) is 65.4 Å². The van der Waals surface area contributed by atoms with E-state index in [1.54, 1.807) is 0 Å². The van der Waals surface area contributed by atoms with E-state index < -0.39 is 0 Å². The zero-order chi connectivity index (χ0) is 14.8. The van der Waals surface area contributed by atoms with E-state index in [2.05, 4.69) is 26.0 Å². The number of ether oxygens (including phenoxy) is 1. The van der Waals surface area contributed by atoms with Gasteiger partial charge in [0.1, 0.15) is 5.75 Å². The van der Waals surface area contributed by atoms with Crippen molar-refractivity contribution in [3.8, 4) is 5.75 Å². The van der Waals surface area contributed by atoms with Gasteiger partial charge >= 0.3 is 0 Å². The molecule has 1 aromatic carbocycles. The number of aliphatic hydroxyl groups excluding tert-OH is 1. The minimum Gasteiger partial charge on any atom is -0.493 e. The maximum absolute atomic E-state index is 9.72. The molecular weight excluding hydrogens is 248 g/mol. The van der Waals surface area contributed by atoms with Crippen LogP contribution in [0.2, 0.25) is 0 Å². The Morgan fingerprint density at radius 1 is 1.10 bits per heavy atom. The highest BCUT2D eigenvalue weighted by molar-refractivity contribution is 5.28. The summed E-state index contributed by atoms with van der Waals surface area (Å²) in [6.07, 6.45) is 6.16. The van der Waals surface area contributed by atoms with Crippen LogP contribution in [0, 0.1) is 5.92 Å². The van der Waals surface area contributed by atoms with Crippen LogP contribution in [0.4, 0.5) is 0 Å². The van der Waals surface area contributed by atoms with Gasteiger partial charge in [-0.1, -0.05) is 45.7 Å². The van der Waals surface area contributed by atoms with Crippen LogP contribution in [0.25, 0.3) is 0 Å². The van der Waals surface area contributed by atoms with E-state index in [0.29, 0.717) is 12.3 Å². The van der Waals surface area contributed by atoms with Crippen LogP contribution in [-0.2, 0) is 6.42 Å². The van der Waals surface area contributed by atoms with Crippen molar-refractivity contribution < 1.29 is 9.84 Å². The second-order valence-corrected chi connectivity index (χ2v) is 5.67. The molecule has 1 atom stereocenters. The van der Waals surface area contributed by atoms with Crippen molar-refractivity contribution >= 4 is 0 Å². The summed E-state index contributed by atoms with van der Waals surface area (Å²) in [5, 5.41) is 9.72. The topological polar surface area (TPSA) is 29.5 Å². The fraction of sp³-hybridized carbons (Fsp3) is 0.667. The summed E-state index contributed by atoms with van der Waals surface area (Å²) >= 11 is 0. The Balaban J connectivity index is 2.52. The Hall–Kier alpha value is -1.02. The molecule has 0 bridgehead atoms. The van der Waals surface area contributed by atoms with E-state index in [0.717, 1.165) is 24.3 Å². The third-order valence-corrected chi connectivity index (χ3v) is 3.72. The molecule has 0 aliphatic heterocycles. The second-order valence-electron chi connectivity index (χ2n) is 5.67. The van der Waals surface area contributed by atoms with Crippen molar-refractivity contribution in [1.82, 2.24) is 0 Å². The minimum absolute atomic E-state index is 0.252. The zero-order valence-corrected chi connectivity index (χ0v) is 13.3. The van der Waals surface area contributed by atoms with Crippen molar-refractivity contribution in [1.29, 1.82) is 0 Å². The summed E-state index contributed by atoms with van der Waals surface area (Å²) in [7, 11) is 0. The highest BCUT2D eigenvalue weighted by Gasteiger charge is 2.08. The van der Waals surface area contributed by atoms with E-state index in [-0.39, 0.29) is 6.10 Å². The highest BCUT2D eigenvalue weighted by atomic mass is 16.5. The molecule has 1 aromatic rings. The van der Waals surface area contributed by atoms with E-state index in [1.807, 2.05) is 19.1 Å². The summed E-state index contributed by atoms with van der Waals surface area (Å²) < 4.78 is 5.95. The molecule has 2 nitrogen and oxygen atoms in total. The molecule has 0 amide bonds. The minimum atomic E-state index is -0.252. The second kappa shape index (κ2) is 9.82. The molecule has 0 spiro atoms. The molecule has 0 aliphatic carbocycles. The first-order valence-corrected chi connectivity index (χ1v) is 8.09. The van der Waals surface area contributed by atoms with Gasteiger partial charge in [-0.3, -0.25) is 0 Å². The lowest BCUT2D eigenvalue weighted by Gasteiger charge is -2.17. The number of hydrogen-bond acceptors (Lipinski definition) is 2. The first-order chi connectivity index (χ1) is 9.69. The quantitative estimate of drug-likeness (QED) is 0.678. The summed E-state index contributed by atoms with van der Waals surface area (Å²) in [5.74, 6) is 1.60. The van der Waals surface area contributed by atoms with Gasteiger partial charge in [-0.2, -0.15) is 0 Å². The average molecular weight is 278 g/mol. The van der Waals surface area contributed by atoms with E-state index in [1.165, 1.54) is 25.7 Å². The molecule has 0 heterocycles. The third-order valence-electron chi connectivity index (χ3n) is 3.72. The Morgan fingerprint density at radius 2 is 1.80 bits per heavy atom. The maximum atomic E-state index is 9.72. The van der Waals surface area contributed by atoms with Crippen LogP contribution in [0.1, 0.15) is 58.4 Å². The fourth-order valence-corrected chi connectivity index (χ4v) is 2.52. The summed E-state index contributed by atoms with van der Waals surface area (Å²) in [4.78, 5) is 0. The first kappa shape index (κ1) is 17.0. The monoisotopic (exact) mass is 278 g/mol. The van der Waals surface area contributed by atoms with Gasteiger partial charge in [0.05, 0.1) is 12.7 Å². The van der Waals surface area contributed by atoms with Crippen molar-refractivity contribution in [2.24, 2.45) is 5.92 Å². The molecule has 0 radical (unpaired) electrons. The van der Waals surface area contributed by atoms with Gasteiger partial charge < -0.3 is 9.84 Å². The summed E-state index contributed by atoms with van der Waals surface area (Å²) in [6.45, 7) is 7.28. The number of rotatable bonds is 10. The number of hydrogen-bond donors (Lipinski definition) is 1. The van der Waals surface area contributed by atoms with Crippen LogP contribution >= 0.6 is 0 Å². The Bertz CT molecular complexity index is 356. The van der Waals surface area contributed by atoms with E-state index >= 15 is 0 Å². The molecular formula is C18H30O2. The fourth-order valence-electron chi connectivity index (χ4n) is 2.52. The number of benzene rings is 1. The van der Waals surface area contributed by atoms with Gasteiger partial charge in [-0.25, -0.2) is 0 Å². The van der Waals surface area contributed by atoms with Gasteiger partial charge in [0.2, 0.25) is 0 Å². The zero-order valence-electron chi connectivity index (χ0n) is 13.3. The van der Waals surface area contributed by atoms with Crippen LogP contribution in [0.15, 0.2) is 24.3 Å². The number of aliphatic hydroxyl groups is 1. The molecule has 0 saturated heterocycles. The van der Waals surface area contributed by atoms with Gasteiger partial charge in [0.15, 0.2) is 0 Å². The van der Waals surface area contributed by atoms with Gasteiger partial charge in [-0.15, -0.1) is 0 Å². The van der Waals surface area contributed by atoms with E-state index in [9.17, 15) is 5.11 Å². The molecule has 0 fully saturated rings. The predicted molar refractivity (Wildman–Crippen MR) is 85.2 cm³/mol. The smallest absolute Gasteiger partial charge is 0.119 e. The molecule has 1 rings (SSSR count). The van der Waals surface area contributed by atoms with Crippen LogP contribution in [0.5, 0.6) is 5.75 Å². The molecule has 1 unspecified atom stereocenters. The summed E-state index contributed by atoms with van der Waals surface area (Å²) in [5.41, 5.74) is 1.15. The van der Waals surface area contributed by atoms with Crippen molar-refractivity contribution in [3.63, 3.8) is 0 Å². The van der Waals surface area contributed by atoms with Crippen LogP contribution in [0.3, 0.4) is 0 Å². The SMILES string of the molecule is CCCC(CCC)COc1cccc(CC(O)CC)c1. The Morgan fingerprint density at radius 3 is 2.40 bits per heavy atom. The first-order valence-electron chi connectivity index (χ1n) is 8.09. The molecule has 114 valence electrons. The van der Waals surface area contributed by atoms with Gasteiger partial charge in [0.25, 0.3) is 0 Å². The van der Waals surface area contributed by atoms with Gasteiger partial charge in [-0.05, 0) is 49.3 Å². The largest absolute Gasteiger partial charge is 0.493 e. The highest BCUT2D eigenvalue weighted by Crippen LogP contribution is 2.19. The Labute approximate surface area is 124 Å². The standard InChI is InChI=1S/C18H30O2/c1-4-8-15(9-5-2)14-20-18-11-7-10-16(13-18)12-17(19)6-3/h7,10-11,13,15,17,19H,4-6,8-9,12,14H2,1-3H3. The van der Waals surface area contributed by atoms with Gasteiger partial charge in [0, 0.05) is 0 Å². The molecule has 0 saturated carbocycles. The normalized spacial score (nSPS) is 12.7. The van der Waals surface area contributed by atoms with Crippen LogP contribution < -0.4 is 4.74 Å². The lowest BCUT2D eigenvalue weighted by atomic mass is 9.99. The van der Waals surface area contributed by atoms with Crippen molar-refractivity contribution in [3.05, 3.63) is 29.8 Å². The van der Waals surface area contributed by atoms with E-state index in [4.69, 9.17) is 4.74 Å². The maximum Gasteiger partial charge on any atom is 0.119 e.